The van der Waals surface area contributed by atoms with Crippen LogP contribution in [0.4, 0.5) is 0 Å². The Morgan fingerprint density at radius 2 is 1.92 bits per heavy atom. The van der Waals surface area contributed by atoms with Crippen LogP contribution in [0, 0.1) is 11.8 Å². The third kappa shape index (κ3) is 1.24. The molecule has 0 unspecified atom stereocenters. The van der Waals surface area contributed by atoms with Gasteiger partial charge in [-0.15, -0.1) is 0 Å². The fourth-order valence-corrected chi connectivity index (χ4v) is 2.32. The van der Waals surface area contributed by atoms with Crippen LogP contribution in [0.5, 0.6) is 0 Å². The number of fused-ring (bicyclic) bond motifs is 1. The van der Waals surface area contributed by atoms with Gasteiger partial charge in [0.2, 0.25) is 11.8 Å². The van der Waals surface area contributed by atoms with Crippen molar-refractivity contribution in [3.63, 3.8) is 0 Å². The maximum atomic E-state index is 11.3. The van der Waals surface area contributed by atoms with E-state index < -0.39 is 0 Å². The first-order valence-electron chi connectivity index (χ1n) is 4.61. The minimum atomic E-state index is -0.0804. The summed E-state index contributed by atoms with van der Waals surface area (Å²) >= 11 is 0. The lowest BCUT2D eigenvalue weighted by atomic mass is 9.75. The lowest BCUT2D eigenvalue weighted by Gasteiger charge is -2.33. The molecule has 2 atom stereocenters. The molecule has 2 amide bonds. The molecule has 0 bridgehead atoms. The third-order valence-corrected chi connectivity index (χ3v) is 2.96. The van der Waals surface area contributed by atoms with E-state index in [1.54, 1.807) is 0 Å². The van der Waals surface area contributed by atoms with Crippen LogP contribution >= 0.6 is 0 Å². The molecule has 0 spiro atoms. The standard InChI is InChI=1S/C9H13NO2/c11-8-5-6-3-1-2-4-7(6)9(12)10-8/h6-7H,1-5H2,(H,10,11,12)/t6-,7+/m1/s1. The summed E-state index contributed by atoms with van der Waals surface area (Å²) in [4.78, 5) is 22.3. The molecule has 1 aliphatic carbocycles. The quantitative estimate of drug-likeness (QED) is 0.543. The number of hydrogen-bond donors (Lipinski definition) is 1. The van der Waals surface area contributed by atoms with Crippen molar-refractivity contribution in [2.24, 2.45) is 11.8 Å². The molecule has 12 heavy (non-hydrogen) atoms. The van der Waals surface area contributed by atoms with E-state index in [4.69, 9.17) is 0 Å². The molecule has 3 heteroatoms. The Balaban J connectivity index is 2.11. The van der Waals surface area contributed by atoms with Gasteiger partial charge in [-0.05, 0) is 18.8 Å². The highest BCUT2D eigenvalue weighted by Crippen LogP contribution is 2.34. The average molecular weight is 167 g/mol. The Kier molecular flexibility index (Phi) is 1.87. The smallest absolute Gasteiger partial charge is 0.229 e. The molecule has 0 radical (unpaired) electrons. The van der Waals surface area contributed by atoms with Crippen molar-refractivity contribution in [3.8, 4) is 0 Å². The highest BCUT2D eigenvalue weighted by Gasteiger charge is 2.36. The second-order valence-electron chi connectivity index (χ2n) is 3.77. The Hall–Kier alpha value is -0.860. The van der Waals surface area contributed by atoms with Gasteiger partial charge in [-0.25, -0.2) is 0 Å². The maximum Gasteiger partial charge on any atom is 0.229 e. The van der Waals surface area contributed by atoms with Crippen LogP contribution in [-0.2, 0) is 9.59 Å². The van der Waals surface area contributed by atoms with Crippen molar-refractivity contribution in [1.82, 2.24) is 5.32 Å². The maximum absolute atomic E-state index is 11.3. The van der Waals surface area contributed by atoms with Crippen LogP contribution in [0.2, 0.25) is 0 Å². The second-order valence-corrected chi connectivity index (χ2v) is 3.77. The molecule has 66 valence electrons. The largest absolute Gasteiger partial charge is 0.296 e. The summed E-state index contributed by atoms with van der Waals surface area (Å²) in [5.41, 5.74) is 0. The topological polar surface area (TPSA) is 46.2 Å². The fourth-order valence-electron chi connectivity index (χ4n) is 2.32. The summed E-state index contributed by atoms with van der Waals surface area (Å²) in [6.45, 7) is 0. The minimum Gasteiger partial charge on any atom is -0.296 e. The number of nitrogens with one attached hydrogen (secondary N) is 1. The zero-order chi connectivity index (χ0) is 8.55. The highest BCUT2D eigenvalue weighted by atomic mass is 16.2. The normalized spacial score (nSPS) is 35.7. The first kappa shape index (κ1) is 7.77. The predicted molar refractivity (Wildman–Crippen MR) is 43.2 cm³/mol. The second kappa shape index (κ2) is 2.88. The van der Waals surface area contributed by atoms with E-state index in [2.05, 4.69) is 5.32 Å². The zero-order valence-electron chi connectivity index (χ0n) is 7.01. The third-order valence-electron chi connectivity index (χ3n) is 2.96. The molecule has 1 aliphatic heterocycles. The van der Waals surface area contributed by atoms with E-state index in [1.165, 1.54) is 6.42 Å². The molecule has 1 saturated carbocycles. The van der Waals surface area contributed by atoms with E-state index in [0.29, 0.717) is 12.3 Å². The van der Waals surface area contributed by atoms with Crippen LogP contribution < -0.4 is 5.32 Å². The number of rotatable bonds is 0. The lowest BCUT2D eigenvalue weighted by Crippen LogP contribution is -2.46. The molecule has 1 saturated heterocycles. The number of amides is 2. The number of piperidine rings is 1. The Morgan fingerprint density at radius 3 is 2.75 bits per heavy atom. The zero-order valence-corrected chi connectivity index (χ0v) is 7.01. The van der Waals surface area contributed by atoms with Crippen LogP contribution in [0.1, 0.15) is 32.1 Å². The van der Waals surface area contributed by atoms with E-state index in [-0.39, 0.29) is 17.7 Å². The number of imide groups is 1. The van der Waals surface area contributed by atoms with Gasteiger partial charge in [-0.1, -0.05) is 12.8 Å². The van der Waals surface area contributed by atoms with Crippen molar-refractivity contribution in [1.29, 1.82) is 0 Å². The van der Waals surface area contributed by atoms with Gasteiger partial charge in [0.05, 0.1) is 0 Å². The van der Waals surface area contributed by atoms with Gasteiger partial charge in [0.1, 0.15) is 0 Å². The van der Waals surface area contributed by atoms with Gasteiger partial charge in [-0.2, -0.15) is 0 Å². The molecule has 0 aromatic heterocycles. The van der Waals surface area contributed by atoms with Crippen LogP contribution in [0.3, 0.4) is 0 Å². The monoisotopic (exact) mass is 167 g/mol. The molecule has 2 rings (SSSR count). The lowest BCUT2D eigenvalue weighted by molar-refractivity contribution is -0.140. The summed E-state index contributed by atoms with van der Waals surface area (Å²) in [7, 11) is 0. The number of carbonyl (C=O) groups is 2. The molecule has 2 aliphatic rings. The van der Waals surface area contributed by atoms with Gasteiger partial charge in [0, 0.05) is 12.3 Å². The van der Waals surface area contributed by atoms with Crippen LogP contribution in [-0.4, -0.2) is 11.8 Å². The van der Waals surface area contributed by atoms with Gasteiger partial charge in [0.25, 0.3) is 0 Å². The van der Waals surface area contributed by atoms with Gasteiger partial charge < -0.3 is 0 Å². The van der Waals surface area contributed by atoms with Gasteiger partial charge >= 0.3 is 0 Å². The molecule has 1 N–H and O–H groups in total. The SMILES string of the molecule is O=C1C[C@H]2CCCC[C@@H]2C(=O)N1. The average Bonchev–Trinajstić information content (AvgIpc) is 2.04. The summed E-state index contributed by atoms with van der Waals surface area (Å²) in [6, 6.07) is 0. The molecule has 0 aromatic carbocycles. The first-order valence-corrected chi connectivity index (χ1v) is 4.61. The first-order chi connectivity index (χ1) is 5.77. The van der Waals surface area contributed by atoms with Crippen molar-refractivity contribution in [2.45, 2.75) is 32.1 Å². The molecular weight excluding hydrogens is 154 g/mol. The van der Waals surface area contributed by atoms with Crippen molar-refractivity contribution in [3.05, 3.63) is 0 Å². The fraction of sp³-hybridized carbons (Fsp3) is 0.778. The van der Waals surface area contributed by atoms with Gasteiger partial charge in [-0.3, -0.25) is 14.9 Å². The highest BCUT2D eigenvalue weighted by molar-refractivity contribution is 5.99. The van der Waals surface area contributed by atoms with E-state index in [1.807, 2.05) is 0 Å². The molecule has 1 heterocycles. The number of hydrogen-bond acceptors (Lipinski definition) is 2. The van der Waals surface area contributed by atoms with Crippen LogP contribution in [0.25, 0.3) is 0 Å². The Labute approximate surface area is 71.5 Å². The number of carbonyl (C=O) groups excluding carboxylic acids is 2. The minimum absolute atomic E-state index is 0.0315. The summed E-state index contributed by atoms with van der Waals surface area (Å²) < 4.78 is 0. The Morgan fingerprint density at radius 1 is 1.17 bits per heavy atom. The summed E-state index contributed by atoms with van der Waals surface area (Å²) in [5, 5.41) is 2.40. The molecule has 3 nitrogen and oxygen atoms in total. The van der Waals surface area contributed by atoms with E-state index >= 15 is 0 Å². The summed E-state index contributed by atoms with van der Waals surface area (Å²) in [5.74, 6) is 0.371. The molecule has 0 aromatic rings. The van der Waals surface area contributed by atoms with E-state index in [9.17, 15) is 9.59 Å². The van der Waals surface area contributed by atoms with Crippen molar-refractivity contribution < 1.29 is 9.59 Å². The summed E-state index contributed by atoms with van der Waals surface area (Å²) in [6.07, 6.45) is 4.93. The Bertz CT molecular complexity index is 225. The predicted octanol–water partition coefficient (Wildman–Crippen LogP) is 0.839. The van der Waals surface area contributed by atoms with Crippen molar-refractivity contribution in [2.75, 3.05) is 0 Å². The van der Waals surface area contributed by atoms with Gasteiger partial charge in [0.15, 0.2) is 0 Å². The van der Waals surface area contributed by atoms with Crippen molar-refractivity contribution >= 4 is 11.8 Å². The van der Waals surface area contributed by atoms with E-state index in [0.717, 1.165) is 19.3 Å². The van der Waals surface area contributed by atoms with Crippen LogP contribution in [0.15, 0.2) is 0 Å². The molecule has 2 fully saturated rings. The molecular formula is C9H13NO2.